The van der Waals surface area contributed by atoms with E-state index in [1.54, 1.807) is 12.1 Å². The third-order valence-electron chi connectivity index (χ3n) is 6.92. The SMILES string of the molecule is C=CC(=O)Oc1ccc(C=Cc2ccc(N(C=C(c3ccc(C)cc3)c3ccc(C)cc3)c3ccccc3)cc2)cc1. The van der Waals surface area contributed by atoms with Crippen LogP contribution < -0.4 is 9.64 Å². The fourth-order valence-electron chi connectivity index (χ4n) is 4.54. The molecule has 0 unspecified atom stereocenters. The molecule has 0 aliphatic heterocycles. The number of hydrogen-bond donors (Lipinski definition) is 0. The topological polar surface area (TPSA) is 29.5 Å². The second kappa shape index (κ2) is 13.3. The molecular formula is C39H33NO2. The number of aryl methyl sites for hydroxylation is 2. The first-order valence-electron chi connectivity index (χ1n) is 13.9. The smallest absolute Gasteiger partial charge is 0.335 e. The van der Waals surface area contributed by atoms with Crippen LogP contribution in [-0.2, 0) is 4.79 Å². The van der Waals surface area contributed by atoms with Gasteiger partial charge >= 0.3 is 5.97 Å². The van der Waals surface area contributed by atoms with Crippen LogP contribution in [0.2, 0.25) is 0 Å². The van der Waals surface area contributed by atoms with E-state index in [0.717, 1.165) is 45.3 Å². The van der Waals surface area contributed by atoms with Gasteiger partial charge in [-0.3, -0.25) is 0 Å². The largest absolute Gasteiger partial charge is 0.423 e. The number of benzene rings is 5. The number of carbonyl (C=O) groups is 1. The van der Waals surface area contributed by atoms with Gasteiger partial charge in [0.15, 0.2) is 0 Å². The lowest BCUT2D eigenvalue weighted by Crippen LogP contribution is -2.10. The molecule has 3 heteroatoms. The predicted octanol–water partition coefficient (Wildman–Crippen LogP) is 9.79. The van der Waals surface area contributed by atoms with Gasteiger partial charge in [-0.25, -0.2) is 4.79 Å². The summed E-state index contributed by atoms with van der Waals surface area (Å²) in [5.74, 6) is 0.0220. The Morgan fingerprint density at radius 3 is 1.60 bits per heavy atom. The lowest BCUT2D eigenvalue weighted by atomic mass is 9.97. The number of rotatable bonds is 9. The van der Waals surface area contributed by atoms with E-state index in [1.807, 2.05) is 24.3 Å². The van der Waals surface area contributed by atoms with Crippen LogP contribution in [0, 0.1) is 13.8 Å². The number of hydrogen-bond acceptors (Lipinski definition) is 3. The summed E-state index contributed by atoms with van der Waals surface area (Å²) in [6, 6.07) is 43.7. The summed E-state index contributed by atoms with van der Waals surface area (Å²) in [5, 5.41) is 0. The van der Waals surface area contributed by atoms with E-state index in [-0.39, 0.29) is 0 Å². The summed E-state index contributed by atoms with van der Waals surface area (Å²) in [7, 11) is 0. The molecular weight excluding hydrogens is 514 g/mol. The van der Waals surface area contributed by atoms with E-state index in [0.29, 0.717) is 5.75 Å². The second-order valence-electron chi connectivity index (χ2n) is 10.1. The predicted molar refractivity (Wildman–Crippen MR) is 176 cm³/mol. The quantitative estimate of drug-likeness (QED) is 0.0796. The van der Waals surface area contributed by atoms with Crippen molar-refractivity contribution >= 4 is 35.1 Å². The minimum absolute atomic E-state index is 0.470. The molecule has 0 aromatic heterocycles. The second-order valence-corrected chi connectivity index (χ2v) is 10.1. The molecule has 0 saturated carbocycles. The van der Waals surface area contributed by atoms with Crippen LogP contribution in [0.5, 0.6) is 5.75 Å². The van der Waals surface area contributed by atoms with Gasteiger partial charge in [-0.1, -0.05) is 121 Å². The molecule has 0 radical (unpaired) electrons. The van der Waals surface area contributed by atoms with Gasteiger partial charge in [-0.15, -0.1) is 0 Å². The highest BCUT2D eigenvalue weighted by atomic mass is 16.5. The van der Waals surface area contributed by atoms with Gasteiger partial charge in [0.05, 0.1) is 0 Å². The molecule has 5 aromatic rings. The first-order chi connectivity index (χ1) is 20.5. The standard InChI is InChI=1S/C39H33NO2/c1-4-39(41)42-37-26-18-32(19-27-37)15-14-31-16-24-36(25-17-31)40(35-8-6-5-7-9-35)28-38(33-20-10-29(2)11-21-33)34-22-12-30(3)13-23-34/h4-28H,1H2,2-3H3. The van der Waals surface area contributed by atoms with E-state index >= 15 is 0 Å². The number of anilines is 2. The van der Waals surface area contributed by atoms with Crippen molar-refractivity contribution in [3.8, 4) is 5.75 Å². The number of nitrogens with zero attached hydrogens (tertiary/aromatic N) is 1. The highest BCUT2D eigenvalue weighted by molar-refractivity contribution is 5.85. The Labute approximate surface area is 248 Å². The first-order valence-corrected chi connectivity index (χ1v) is 13.9. The Morgan fingerprint density at radius 1 is 0.619 bits per heavy atom. The Balaban J connectivity index is 1.47. The minimum Gasteiger partial charge on any atom is -0.423 e. The maximum atomic E-state index is 11.4. The van der Waals surface area contributed by atoms with Crippen molar-refractivity contribution in [3.05, 3.63) is 180 Å². The van der Waals surface area contributed by atoms with E-state index in [9.17, 15) is 4.79 Å². The number of esters is 1. The Kier molecular flexibility index (Phi) is 8.91. The molecule has 206 valence electrons. The number of para-hydroxylation sites is 1. The fraction of sp³-hybridized carbons (Fsp3) is 0.0513. The lowest BCUT2D eigenvalue weighted by molar-refractivity contribution is -0.128. The number of carbonyl (C=O) groups excluding carboxylic acids is 1. The van der Waals surface area contributed by atoms with Gasteiger partial charge in [0.1, 0.15) is 5.75 Å². The molecule has 5 rings (SSSR count). The monoisotopic (exact) mass is 547 g/mol. The van der Waals surface area contributed by atoms with Crippen LogP contribution in [0.3, 0.4) is 0 Å². The van der Waals surface area contributed by atoms with E-state index in [1.165, 1.54) is 11.1 Å². The molecule has 0 saturated heterocycles. The number of ether oxygens (including phenoxy) is 1. The van der Waals surface area contributed by atoms with Gasteiger partial charge in [-0.2, -0.15) is 0 Å². The average Bonchev–Trinajstić information content (AvgIpc) is 3.03. The summed E-state index contributed by atoms with van der Waals surface area (Å²) >= 11 is 0. The molecule has 0 aliphatic rings. The average molecular weight is 548 g/mol. The van der Waals surface area contributed by atoms with Crippen LogP contribution in [0.4, 0.5) is 11.4 Å². The van der Waals surface area contributed by atoms with Crippen molar-refractivity contribution in [1.29, 1.82) is 0 Å². The zero-order chi connectivity index (χ0) is 29.3. The van der Waals surface area contributed by atoms with E-state index in [2.05, 4.69) is 135 Å². The summed E-state index contributed by atoms with van der Waals surface area (Å²) in [4.78, 5) is 13.7. The fourth-order valence-corrected chi connectivity index (χ4v) is 4.54. The van der Waals surface area contributed by atoms with Crippen LogP contribution in [0.25, 0.3) is 17.7 Å². The summed E-state index contributed by atoms with van der Waals surface area (Å²) < 4.78 is 5.16. The third kappa shape index (κ3) is 7.21. The minimum atomic E-state index is -0.470. The molecule has 0 atom stereocenters. The first kappa shape index (κ1) is 28.1. The lowest BCUT2D eigenvalue weighted by Gasteiger charge is -2.23. The highest BCUT2D eigenvalue weighted by Crippen LogP contribution is 2.32. The summed E-state index contributed by atoms with van der Waals surface area (Å²) in [5.41, 5.74) is 10.2. The molecule has 0 heterocycles. The van der Waals surface area contributed by atoms with Crippen molar-refractivity contribution in [1.82, 2.24) is 0 Å². The van der Waals surface area contributed by atoms with Crippen molar-refractivity contribution in [2.45, 2.75) is 13.8 Å². The molecule has 5 aromatic carbocycles. The third-order valence-corrected chi connectivity index (χ3v) is 6.92. The van der Waals surface area contributed by atoms with Crippen molar-refractivity contribution in [2.24, 2.45) is 0 Å². The van der Waals surface area contributed by atoms with Gasteiger partial charge < -0.3 is 9.64 Å². The molecule has 0 spiro atoms. The Hall–Kier alpha value is -5.41. The molecule has 0 amide bonds. The molecule has 3 nitrogen and oxygen atoms in total. The van der Waals surface area contributed by atoms with Gasteiger partial charge in [0.2, 0.25) is 0 Å². The molecule has 0 N–H and O–H groups in total. The van der Waals surface area contributed by atoms with Crippen LogP contribution in [0.15, 0.2) is 146 Å². The Bertz CT molecular complexity index is 1650. The molecule has 0 fully saturated rings. The molecule has 42 heavy (non-hydrogen) atoms. The van der Waals surface area contributed by atoms with E-state index in [4.69, 9.17) is 4.74 Å². The zero-order valence-corrected chi connectivity index (χ0v) is 23.9. The van der Waals surface area contributed by atoms with Crippen molar-refractivity contribution in [2.75, 3.05) is 4.90 Å². The molecule has 0 aliphatic carbocycles. The summed E-state index contributed by atoms with van der Waals surface area (Å²) in [6.07, 6.45) is 7.49. The van der Waals surface area contributed by atoms with Crippen molar-refractivity contribution in [3.63, 3.8) is 0 Å². The highest BCUT2D eigenvalue weighted by Gasteiger charge is 2.12. The van der Waals surface area contributed by atoms with E-state index < -0.39 is 5.97 Å². The molecule has 0 bridgehead atoms. The van der Waals surface area contributed by atoms with Gasteiger partial charge in [-0.05, 0) is 72.5 Å². The maximum absolute atomic E-state index is 11.4. The maximum Gasteiger partial charge on any atom is 0.335 e. The summed E-state index contributed by atoms with van der Waals surface area (Å²) in [6.45, 7) is 7.65. The van der Waals surface area contributed by atoms with Crippen molar-refractivity contribution < 1.29 is 9.53 Å². The van der Waals surface area contributed by atoms with Gasteiger partial charge in [0, 0.05) is 29.2 Å². The Morgan fingerprint density at radius 2 is 1.10 bits per heavy atom. The zero-order valence-electron chi connectivity index (χ0n) is 23.9. The van der Waals surface area contributed by atoms with Crippen LogP contribution in [0.1, 0.15) is 33.4 Å². The van der Waals surface area contributed by atoms with Crippen LogP contribution >= 0.6 is 0 Å². The normalized spacial score (nSPS) is 10.7. The van der Waals surface area contributed by atoms with Crippen LogP contribution in [-0.4, -0.2) is 5.97 Å². The van der Waals surface area contributed by atoms with Gasteiger partial charge in [0.25, 0.3) is 0 Å².